The van der Waals surface area contributed by atoms with Gasteiger partial charge in [0.1, 0.15) is 0 Å². The molecule has 2 N–H and O–H groups in total. The summed E-state index contributed by atoms with van der Waals surface area (Å²) in [7, 11) is 0. The molecule has 0 aliphatic heterocycles. The molecule has 1 aromatic heterocycles. The predicted molar refractivity (Wildman–Crippen MR) is 91.9 cm³/mol. The third-order valence-electron chi connectivity index (χ3n) is 4.15. The summed E-state index contributed by atoms with van der Waals surface area (Å²) in [5, 5.41) is 3.43. The van der Waals surface area contributed by atoms with Crippen LogP contribution in [0, 0.1) is 11.6 Å². The molecule has 0 bridgehead atoms. The molecule has 0 saturated carbocycles. The SMILES string of the molecule is CC(Cc1ccc(F)c(F)c1)NCCCc1ccc2nc[nH]c2c1. The van der Waals surface area contributed by atoms with E-state index in [0.717, 1.165) is 36.0 Å². The van der Waals surface area contributed by atoms with E-state index >= 15 is 0 Å². The summed E-state index contributed by atoms with van der Waals surface area (Å²) in [5.41, 5.74) is 4.13. The van der Waals surface area contributed by atoms with Gasteiger partial charge in [0, 0.05) is 6.04 Å². The number of nitrogens with one attached hydrogen (secondary N) is 2. The highest BCUT2D eigenvalue weighted by Gasteiger charge is 2.07. The van der Waals surface area contributed by atoms with Crippen LogP contribution in [0.2, 0.25) is 0 Å². The number of benzene rings is 2. The van der Waals surface area contributed by atoms with Crippen LogP contribution in [0.15, 0.2) is 42.7 Å². The highest BCUT2D eigenvalue weighted by molar-refractivity contribution is 5.74. The molecule has 0 radical (unpaired) electrons. The van der Waals surface area contributed by atoms with Crippen LogP contribution in [0.1, 0.15) is 24.5 Å². The number of halogens is 2. The Morgan fingerprint density at radius 1 is 1.08 bits per heavy atom. The van der Waals surface area contributed by atoms with Crippen LogP contribution in [-0.2, 0) is 12.8 Å². The van der Waals surface area contributed by atoms with Crippen LogP contribution in [0.5, 0.6) is 0 Å². The summed E-state index contributed by atoms with van der Waals surface area (Å²) >= 11 is 0. The van der Waals surface area contributed by atoms with Crippen molar-refractivity contribution < 1.29 is 8.78 Å². The second-order valence-corrected chi connectivity index (χ2v) is 6.17. The largest absolute Gasteiger partial charge is 0.345 e. The van der Waals surface area contributed by atoms with Gasteiger partial charge < -0.3 is 10.3 Å². The van der Waals surface area contributed by atoms with Gasteiger partial charge in [-0.3, -0.25) is 0 Å². The molecule has 3 rings (SSSR count). The summed E-state index contributed by atoms with van der Waals surface area (Å²) in [6.45, 7) is 2.93. The normalized spacial score (nSPS) is 12.6. The Morgan fingerprint density at radius 2 is 1.92 bits per heavy atom. The van der Waals surface area contributed by atoms with Gasteiger partial charge in [-0.15, -0.1) is 0 Å². The Bertz CT molecular complexity index is 813. The first-order valence-electron chi connectivity index (χ1n) is 8.21. The maximum absolute atomic E-state index is 13.2. The second-order valence-electron chi connectivity index (χ2n) is 6.17. The molecule has 0 aliphatic rings. The van der Waals surface area contributed by atoms with Crippen LogP contribution in [0.25, 0.3) is 11.0 Å². The fourth-order valence-corrected chi connectivity index (χ4v) is 2.87. The molecule has 3 aromatic rings. The molecular formula is C19H21F2N3. The number of aromatic nitrogens is 2. The highest BCUT2D eigenvalue weighted by atomic mass is 19.2. The zero-order chi connectivity index (χ0) is 16.9. The van der Waals surface area contributed by atoms with E-state index in [9.17, 15) is 8.78 Å². The fourth-order valence-electron chi connectivity index (χ4n) is 2.87. The zero-order valence-corrected chi connectivity index (χ0v) is 13.7. The number of rotatable bonds is 7. The monoisotopic (exact) mass is 329 g/mol. The quantitative estimate of drug-likeness (QED) is 0.643. The Kier molecular flexibility index (Phi) is 5.20. The van der Waals surface area contributed by atoms with Crippen molar-refractivity contribution in [2.75, 3.05) is 6.54 Å². The first-order chi connectivity index (χ1) is 11.6. The molecule has 1 atom stereocenters. The number of H-pyrrole nitrogens is 1. The topological polar surface area (TPSA) is 40.7 Å². The Morgan fingerprint density at radius 3 is 2.75 bits per heavy atom. The molecule has 2 aromatic carbocycles. The Labute approximate surface area is 140 Å². The molecule has 0 fully saturated rings. The lowest BCUT2D eigenvalue weighted by molar-refractivity contribution is 0.501. The third-order valence-corrected chi connectivity index (χ3v) is 4.15. The van der Waals surface area contributed by atoms with Gasteiger partial charge in [0.2, 0.25) is 0 Å². The van der Waals surface area contributed by atoms with Crippen LogP contribution in [0.4, 0.5) is 8.78 Å². The van der Waals surface area contributed by atoms with E-state index < -0.39 is 11.6 Å². The van der Waals surface area contributed by atoms with Crippen molar-refractivity contribution in [3.63, 3.8) is 0 Å². The minimum Gasteiger partial charge on any atom is -0.345 e. The minimum atomic E-state index is -0.798. The molecule has 1 heterocycles. The Hall–Kier alpha value is -2.27. The summed E-state index contributed by atoms with van der Waals surface area (Å²) in [4.78, 5) is 7.33. The number of fused-ring (bicyclic) bond motifs is 1. The maximum Gasteiger partial charge on any atom is 0.159 e. The van der Waals surface area contributed by atoms with E-state index in [-0.39, 0.29) is 6.04 Å². The van der Waals surface area contributed by atoms with Crippen molar-refractivity contribution in [3.8, 4) is 0 Å². The molecule has 24 heavy (non-hydrogen) atoms. The maximum atomic E-state index is 13.2. The molecule has 0 amide bonds. The van der Waals surface area contributed by atoms with E-state index in [1.807, 2.05) is 6.07 Å². The predicted octanol–water partition coefficient (Wildman–Crippen LogP) is 3.99. The van der Waals surface area contributed by atoms with Crippen molar-refractivity contribution in [1.29, 1.82) is 0 Å². The third kappa shape index (κ3) is 4.17. The van der Waals surface area contributed by atoms with Gasteiger partial charge in [-0.05, 0) is 68.1 Å². The summed E-state index contributed by atoms with van der Waals surface area (Å²) < 4.78 is 26.1. The van der Waals surface area contributed by atoms with Crippen molar-refractivity contribution in [1.82, 2.24) is 15.3 Å². The minimum absolute atomic E-state index is 0.213. The van der Waals surface area contributed by atoms with Gasteiger partial charge in [0.05, 0.1) is 17.4 Å². The van der Waals surface area contributed by atoms with Crippen molar-refractivity contribution in [2.45, 2.75) is 32.2 Å². The molecule has 0 spiro atoms. The average Bonchev–Trinajstić information content (AvgIpc) is 3.03. The Balaban J connectivity index is 1.43. The molecule has 0 saturated heterocycles. The summed E-state index contributed by atoms with van der Waals surface area (Å²) in [6, 6.07) is 10.6. The molecule has 5 heteroatoms. The molecule has 126 valence electrons. The van der Waals surface area contributed by atoms with Gasteiger partial charge >= 0.3 is 0 Å². The number of nitrogens with zero attached hydrogens (tertiary/aromatic N) is 1. The van der Waals surface area contributed by atoms with Gasteiger partial charge in [-0.1, -0.05) is 12.1 Å². The first kappa shape index (κ1) is 16.6. The zero-order valence-electron chi connectivity index (χ0n) is 13.7. The van der Waals surface area contributed by atoms with E-state index in [1.54, 1.807) is 12.4 Å². The standard InChI is InChI=1S/C19H21F2N3/c1-13(9-15-4-6-16(20)17(21)10-15)22-8-2-3-14-5-7-18-19(11-14)24-12-23-18/h4-7,10-13,22H,2-3,8-9H2,1H3,(H,23,24). The number of hydrogen-bond donors (Lipinski definition) is 2. The van der Waals surface area contributed by atoms with Crippen LogP contribution < -0.4 is 5.32 Å². The highest BCUT2D eigenvalue weighted by Crippen LogP contribution is 2.13. The fraction of sp³-hybridized carbons (Fsp3) is 0.316. The van der Waals surface area contributed by atoms with Gasteiger partial charge in [-0.2, -0.15) is 0 Å². The van der Waals surface area contributed by atoms with Crippen molar-refractivity contribution >= 4 is 11.0 Å². The molecule has 1 unspecified atom stereocenters. The second kappa shape index (κ2) is 7.53. The molecule has 3 nitrogen and oxygen atoms in total. The lowest BCUT2D eigenvalue weighted by Gasteiger charge is -2.14. The molecular weight excluding hydrogens is 308 g/mol. The van der Waals surface area contributed by atoms with Crippen molar-refractivity contribution in [3.05, 3.63) is 65.5 Å². The van der Waals surface area contributed by atoms with Gasteiger partial charge in [0.15, 0.2) is 11.6 Å². The average molecular weight is 329 g/mol. The van der Waals surface area contributed by atoms with E-state index in [4.69, 9.17) is 0 Å². The van der Waals surface area contributed by atoms with Crippen LogP contribution in [-0.4, -0.2) is 22.6 Å². The summed E-state index contributed by atoms with van der Waals surface area (Å²) in [6.07, 6.45) is 4.38. The van der Waals surface area contributed by atoms with Crippen LogP contribution >= 0.6 is 0 Å². The van der Waals surface area contributed by atoms with Crippen molar-refractivity contribution in [2.24, 2.45) is 0 Å². The van der Waals surface area contributed by atoms with E-state index in [1.165, 1.54) is 17.7 Å². The van der Waals surface area contributed by atoms with E-state index in [0.29, 0.717) is 6.42 Å². The first-order valence-corrected chi connectivity index (χ1v) is 8.21. The van der Waals surface area contributed by atoms with Crippen LogP contribution in [0.3, 0.4) is 0 Å². The van der Waals surface area contributed by atoms with E-state index in [2.05, 4.69) is 34.3 Å². The summed E-state index contributed by atoms with van der Waals surface area (Å²) in [5.74, 6) is -1.58. The van der Waals surface area contributed by atoms with Gasteiger partial charge in [0.25, 0.3) is 0 Å². The smallest absolute Gasteiger partial charge is 0.159 e. The number of aryl methyl sites for hydroxylation is 1. The number of imidazole rings is 1. The number of hydrogen-bond acceptors (Lipinski definition) is 2. The lowest BCUT2D eigenvalue weighted by atomic mass is 10.1. The molecule has 0 aliphatic carbocycles. The lowest BCUT2D eigenvalue weighted by Crippen LogP contribution is -2.29. The van der Waals surface area contributed by atoms with Gasteiger partial charge in [-0.25, -0.2) is 13.8 Å². The number of aromatic amines is 1.